The summed E-state index contributed by atoms with van der Waals surface area (Å²) in [4.78, 5) is 10.4. The molecule has 0 rings (SSSR count). The highest BCUT2D eigenvalue weighted by molar-refractivity contribution is 5.86. The van der Waals surface area contributed by atoms with Gasteiger partial charge in [0.15, 0.2) is 6.29 Å². The fraction of sp³-hybridized carbons (Fsp3) is 0.625. The van der Waals surface area contributed by atoms with Gasteiger partial charge in [0.1, 0.15) is 0 Å². The molecule has 0 radical (unpaired) electrons. The quantitative estimate of drug-likeness (QED) is 0.482. The van der Waals surface area contributed by atoms with Crippen molar-refractivity contribution < 1.29 is 19.4 Å². The van der Waals surface area contributed by atoms with E-state index in [1.165, 1.54) is 0 Å². The van der Waals surface area contributed by atoms with Crippen molar-refractivity contribution in [3.05, 3.63) is 12.2 Å². The van der Waals surface area contributed by atoms with Crippen LogP contribution in [0, 0.1) is 0 Å². The van der Waals surface area contributed by atoms with Crippen LogP contribution in [0.5, 0.6) is 0 Å². The minimum Gasteiger partial charge on any atom is -0.478 e. The van der Waals surface area contributed by atoms with Crippen molar-refractivity contribution in [2.75, 3.05) is 13.2 Å². The molecule has 0 unspecified atom stereocenters. The van der Waals surface area contributed by atoms with Crippen LogP contribution in [-0.2, 0) is 14.3 Å². The molecule has 0 fully saturated rings. The molecule has 1 N–H and O–H groups in total. The second kappa shape index (κ2) is 5.74. The predicted octanol–water partition coefficient (Wildman–Crippen LogP) is 1.03. The summed E-state index contributed by atoms with van der Waals surface area (Å²) in [5.41, 5.74) is -0.0706. The average molecular weight is 174 g/mol. The molecule has 0 amide bonds. The molecule has 12 heavy (non-hydrogen) atoms. The van der Waals surface area contributed by atoms with Crippen LogP contribution in [0.4, 0.5) is 0 Å². The number of hydrogen-bond donors (Lipinski definition) is 1. The standard InChI is InChI=1S/C8H14O4/c1-4-11-8(12-5-2)6(3)7(9)10/h8H,3-5H2,1-2H3,(H,9,10). The zero-order chi connectivity index (χ0) is 9.56. The van der Waals surface area contributed by atoms with E-state index in [2.05, 4.69) is 6.58 Å². The SMILES string of the molecule is C=C(C(=O)O)C(OCC)OCC. The first-order valence-corrected chi connectivity index (χ1v) is 3.78. The zero-order valence-electron chi connectivity index (χ0n) is 7.37. The summed E-state index contributed by atoms with van der Waals surface area (Å²) in [6.07, 6.45) is -0.822. The Morgan fingerprint density at radius 3 is 2.08 bits per heavy atom. The molecule has 0 aliphatic heterocycles. The van der Waals surface area contributed by atoms with E-state index in [1.807, 2.05) is 0 Å². The Bertz CT molecular complexity index is 158. The van der Waals surface area contributed by atoms with Crippen molar-refractivity contribution >= 4 is 5.97 Å². The summed E-state index contributed by atoms with van der Waals surface area (Å²) in [7, 11) is 0. The lowest BCUT2D eigenvalue weighted by atomic mass is 10.3. The maximum atomic E-state index is 10.4. The van der Waals surface area contributed by atoms with Gasteiger partial charge in [-0.3, -0.25) is 0 Å². The van der Waals surface area contributed by atoms with Gasteiger partial charge >= 0.3 is 5.97 Å². The number of carboxylic acid groups (broad SMARTS) is 1. The molecule has 0 saturated carbocycles. The molecular formula is C8H14O4. The second-order valence-corrected chi connectivity index (χ2v) is 2.07. The molecule has 0 spiro atoms. The van der Waals surface area contributed by atoms with Gasteiger partial charge in [0.2, 0.25) is 0 Å². The summed E-state index contributed by atoms with van der Waals surface area (Å²) in [5, 5.41) is 8.55. The van der Waals surface area contributed by atoms with Crippen molar-refractivity contribution in [2.45, 2.75) is 20.1 Å². The van der Waals surface area contributed by atoms with Gasteiger partial charge in [0, 0.05) is 13.2 Å². The first kappa shape index (κ1) is 11.1. The van der Waals surface area contributed by atoms with E-state index < -0.39 is 12.3 Å². The maximum Gasteiger partial charge on any atom is 0.336 e. The lowest BCUT2D eigenvalue weighted by Gasteiger charge is -2.16. The molecule has 4 heteroatoms. The molecule has 0 bridgehead atoms. The number of hydrogen-bond acceptors (Lipinski definition) is 3. The molecule has 4 nitrogen and oxygen atoms in total. The molecule has 0 aromatic carbocycles. The monoisotopic (exact) mass is 174 g/mol. The van der Waals surface area contributed by atoms with E-state index >= 15 is 0 Å². The van der Waals surface area contributed by atoms with Crippen LogP contribution in [0.3, 0.4) is 0 Å². The lowest BCUT2D eigenvalue weighted by Crippen LogP contribution is -2.24. The number of carboxylic acids is 1. The highest BCUT2D eigenvalue weighted by Gasteiger charge is 2.18. The second-order valence-electron chi connectivity index (χ2n) is 2.07. The molecular weight excluding hydrogens is 160 g/mol. The average Bonchev–Trinajstić information content (AvgIpc) is 2.03. The van der Waals surface area contributed by atoms with Gasteiger partial charge < -0.3 is 14.6 Å². The third-order valence-corrected chi connectivity index (χ3v) is 1.20. The van der Waals surface area contributed by atoms with E-state index in [0.717, 1.165) is 0 Å². The van der Waals surface area contributed by atoms with Crippen molar-refractivity contribution in [2.24, 2.45) is 0 Å². The van der Waals surface area contributed by atoms with Crippen LogP contribution in [0.1, 0.15) is 13.8 Å². The number of ether oxygens (including phenoxy) is 2. The van der Waals surface area contributed by atoms with Crippen LogP contribution >= 0.6 is 0 Å². The largest absolute Gasteiger partial charge is 0.478 e. The Morgan fingerprint density at radius 2 is 1.83 bits per heavy atom. The smallest absolute Gasteiger partial charge is 0.336 e. The minimum atomic E-state index is -1.10. The normalized spacial score (nSPS) is 10.2. The number of aliphatic carboxylic acids is 1. The Hall–Kier alpha value is -0.870. The summed E-state index contributed by atoms with van der Waals surface area (Å²) in [5.74, 6) is -1.10. The Morgan fingerprint density at radius 1 is 1.42 bits per heavy atom. The van der Waals surface area contributed by atoms with Gasteiger partial charge in [-0.1, -0.05) is 6.58 Å². The van der Waals surface area contributed by atoms with Gasteiger partial charge in [0.25, 0.3) is 0 Å². The maximum absolute atomic E-state index is 10.4. The van der Waals surface area contributed by atoms with E-state index in [1.54, 1.807) is 13.8 Å². The number of carbonyl (C=O) groups is 1. The summed E-state index contributed by atoms with van der Waals surface area (Å²) >= 11 is 0. The van der Waals surface area contributed by atoms with Crippen LogP contribution in [-0.4, -0.2) is 30.6 Å². The van der Waals surface area contributed by atoms with Crippen LogP contribution in [0.15, 0.2) is 12.2 Å². The van der Waals surface area contributed by atoms with Gasteiger partial charge in [-0.2, -0.15) is 0 Å². The third kappa shape index (κ3) is 3.50. The van der Waals surface area contributed by atoms with Crippen LogP contribution < -0.4 is 0 Å². The van der Waals surface area contributed by atoms with Crippen molar-refractivity contribution in [1.29, 1.82) is 0 Å². The lowest BCUT2D eigenvalue weighted by molar-refractivity contribution is -0.145. The van der Waals surface area contributed by atoms with Crippen molar-refractivity contribution in [3.8, 4) is 0 Å². The molecule has 0 saturated heterocycles. The first-order valence-electron chi connectivity index (χ1n) is 3.78. The Kier molecular flexibility index (Phi) is 5.32. The summed E-state index contributed by atoms with van der Waals surface area (Å²) in [6, 6.07) is 0. The van der Waals surface area contributed by atoms with E-state index in [9.17, 15) is 4.79 Å². The van der Waals surface area contributed by atoms with Crippen LogP contribution in [0.2, 0.25) is 0 Å². The fourth-order valence-electron chi connectivity index (χ4n) is 0.653. The summed E-state index contributed by atoms with van der Waals surface area (Å²) < 4.78 is 10.0. The Balaban J connectivity index is 4.08. The van der Waals surface area contributed by atoms with Gasteiger partial charge in [-0.25, -0.2) is 4.79 Å². The minimum absolute atomic E-state index is 0.0706. The van der Waals surface area contributed by atoms with E-state index in [4.69, 9.17) is 14.6 Å². The van der Waals surface area contributed by atoms with Gasteiger partial charge in [-0.05, 0) is 13.8 Å². The highest BCUT2D eigenvalue weighted by atomic mass is 16.7. The molecule has 0 aliphatic rings. The molecule has 0 aliphatic carbocycles. The van der Waals surface area contributed by atoms with Gasteiger partial charge in [-0.15, -0.1) is 0 Å². The topological polar surface area (TPSA) is 55.8 Å². The molecule has 0 aromatic heterocycles. The third-order valence-electron chi connectivity index (χ3n) is 1.20. The highest BCUT2D eigenvalue weighted by Crippen LogP contribution is 2.06. The van der Waals surface area contributed by atoms with Crippen molar-refractivity contribution in [1.82, 2.24) is 0 Å². The molecule has 0 heterocycles. The fourth-order valence-corrected chi connectivity index (χ4v) is 0.653. The first-order chi connectivity index (χ1) is 5.63. The molecule has 0 atom stereocenters. The van der Waals surface area contributed by atoms with Gasteiger partial charge in [0.05, 0.1) is 5.57 Å². The number of rotatable bonds is 6. The van der Waals surface area contributed by atoms with Crippen LogP contribution in [0.25, 0.3) is 0 Å². The van der Waals surface area contributed by atoms with E-state index in [-0.39, 0.29) is 5.57 Å². The Labute approximate surface area is 71.8 Å². The van der Waals surface area contributed by atoms with Crippen molar-refractivity contribution in [3.63, 3.8) is 0 Å². The van der Waals surface area contributed by atoms with E-state index in [0.29, 0.717) is 13.2 Å². The zero-order valence-corrected chi connectivity index (χ0v) is 7.37. The predicted molar refractivity (Wildman–Crippen MR) is 43.8 cm³/mol. The molecule has 0 aromatic rings. The summed E-state index contributed by atoms with van der Waals surface area (Å²) in [6.45, 7) is 7.67. The molecule has 70 valence electrons.